The SMILES string of the molecule is CCNC(=NCC(O)c1cc2ccccc2s1)NCCc1ccncc1C.I. The Bertz CT molecular complexity index is 879. The molecule has 1 atom stereocenters. The van der Waals surface area contributed by atoms with Crippen LogP contribution in [-0.2, 0) is 6.42 Å². The molecule has 0 bridgehead atoms. The van der Waals surface area contributed by atoms with Gasteiger partial charge in [-0.3, -0.25) is 9.98 Å². The highest BCUT2D eigenvalue weighted by Crippen LogP contribution is 2.29. The van der Waals surface area contributed by atoms with Gasteiger partial charge in [0.1, 0.15) is 6.10 Å². The second-order valence-electron chi connectivity index (χ2n) is 6.40. The lowest BCUT2D eigenvalue weighted by Gasteiger charge is -2.13. The first-order valence-electron chi connectivity index (χ1n) is 9.25. The van der Waals surface area contributed by atoms with E-state index in [0.29, 0.717) is 6.54 Å². The van der Waals surface area contributed by atoms with Crippen molar-refractivity contribution in [2.45, 2.75) is 26.4 Å². The summed E-state index contributed by atoms with van der Waals surface area (Å²) in [5.74, 6) is 0.726. The van der Waals surface area contributed by atoms with Gasteiger partial charge in [0, 0.05) is 35.1 Å². The molecule has 2 aromatic heterocycles. The zero-order chi connectivity index (χ0) is 19.1. The Balaban J connectivity index is 0.00000280. The summed E-state index contributed by atoms with van der Waals surface area (Å²) >= 11 is 1.62. The van der Waals surface area contributed by atoms with Crippen molar-refractivity contribution in [3.63, 3.8) is 0 Å². The molecule has 1 aromatic carbocycles. The van der Waals surface area contributed by atoms with E-state index in [1.165, 1.54) is 21.2 Å². The summed E-state index contributed by atoms with van der Waals surface area (Å²) in [6.07, 6.45) is 4.01. The number of nitrogens with one attached hydrogen (secondary N) is 2. The molecular formula is C21H27IN4OS. The van der Waals surface area contributed by atoms with E-state index < -0.39 is 6.10 Å². The van der Waals surface area contributed by atoms with Crippen molar-refractivity contribution in [3.05, 3.63) is 64.8 Å². The van der Waals surface area contributed by atoms with Crippen molar-refractivity contribution >= 4 is 51.4 Å². The van der Waals surface area contributed by atoms with Crippen molar-refractivity contribution in [1.82, 2.24) is 15.6 Å². The van der Waals surface area contributed by atoms with Crippen LogP contribution in [0.3, 0.4) is 0 Å². The highest BCUT2D eigenvalue weighted by Gasteiger charge is 2.11. The third kappa shape index (κ3) is 6.15. The number of aliphatic hydroxyl groups excluding tert-OH is 1. The molecule has 3 rings (SSSR count). The number of rotatable bonds is 7. The minimum Gasteiger partial charge on any atom is -0.386 e. The van der Waals surface area contributed by atoms with Crippen molar-refractivity contribution < 1.29 is 5.11 Å². The van der Waals surface area contributed by atoms with E-state index >= 15 is 0 Å². The zero-order valence-electron chi connectivity index (χ0n) is 16.2. The number of halogens is 1. The topological polar surface area (TPSA) is 69.5 Å². The molecule has 0 radical (unpaired) electrons. The monoisotopic (exact) mass is 510 g/mol. The van der Waals surface area contributed by atoms with E-state index in [4.69, 9.17) is 0 Å². The summed E-state index contributed by atoms with van der Waals surface area (Å²) in [7, 11) is 0. The summed E-state index contributed by atoms with van der Waals surface area (Å²) in [4.78, 5) is 9.63. The number of aliphatic imine (C=N–C) groups is 1. The Hall–Kier alpha value is -1.71. The lowest BCUT2D eigenvalue weighted by Crippen LogP contribution is -2.38. The van der Waals surface area contributed by atoms with Gasteiger partial charge in [-0.2, -0.15) is 0 Å². The maximum atomic E-state index is 10.5. The molecule has 1 unspecified atom stereocenters. The number of thiophene rings is 1. The molecule has 3 N–H and O–H groups in total. The predicted molar refractivity (Wildman–Crippen MR) is 129 cm³/mol. The number of hydrogen-bond acceptors (Lipinski definition) is 4. The van der Waals surface area contributed by atoms with Crippen molar-refractivity contribution in [2.75, 3.05) is 19.6 Å². The van der Waals surface area contributed by atoms with Gasteiger partial charge < -0.3 is 15.7 Å². The van der Waals surface area contributed by atoms with Gasteiger partial charge in [0.2, 0.25) is 0 Å². The quantitative estimate of drug-likeness (QED) is 0.255. The van der Waals surface area contributed by atoms with Crippen LogP contribution in [0.1, 0.15) is 29.0 Å². The Morgan fingerprint density at radius 1 is 1.25 bits per heavy atom. The standard InChI is InChI=1S/C21H26N4OS.HI/c1-3-23-21(24-11-9-16-8-10-22-13-15(16)2)25-14-18(26)20-12-17-6-4-5-7-19(17)27-20;/h4-8,10,12-13,18,26H,3,9,11,14H2,1-2H3,(H2,23,24,25);1H. The minimum absolute atomic E-state index is 0. The summed E-state index contributed by atoms with van der Waals surface area (Å²) in [6, 6.07) is 12.3. The van der Waals surface area contributed by atoms with Crippen LogP contribution in [0.25, 0.3) is 10.1 Å². The number of aromatic nitrogens is 1. The molecule has 28 heavy (non-hydrogen) atoms. The molecule has 7 heteroatoms. The highest BCUT2D eigenvalue weighted by atomic mass is 127. The molecule has 5 nitrogen and oxygen atoms in total. The zero-order valence-corrected chi connectivity index (χ0v) is 19.3. The molecule has 0 saturated carbocycles. The van der Waals surface area contributed by atoms with E-state index in [0.717, 1.165) is 30.3 Å². The van der Waals surface area contributed by atoms with E-state index in [1.54, 1.807) is 11.3 Å². The Morgan fingerprint density at radius 2 is 2.07 bits per heavy atom. The second-order valence-corrected chi connectivity index (χ2v) is 7.52. The summed E-state index contributed by atoms with van der Waals surface area (Å²) in [5, 5.41) is 18.3. The number of guanidine groups is 1. The maximum absolute atomic E-state index is 10.5. The molecule has 0 aliphatic carbocycles. The van der Waals surface area contributed by atoms with Crippen LogP contribution >= 0.6 is 35.3 Å². The normalized spacial score (nSPS) is 12.5. The number of fused-ring (bicyclic) bond motifs is 1. The molecule has 150 valence electrons. The summed E-state index contributed by atoms with van der Waals surface area (Å²) < 4.78 is 1.19. The third-order valence-electron chi connectivity index (χ3n) is 4.36. The number of aryl methyl sites for hydroxylation is 1. The van der Waals surface area contributed by atoms with Crippen LogP contribution in [0, 0.1) is 6.92 Å². The third-order valence-corrected chi connectivity index (χ3v) is 5.58. The van der Waals surface area contributed by atoms with Gasteiger partial charge in [-0.05, 0) is 55.0 Å². The molecular weight excluding hydrogens is 483 g/mol. The Kier molecular flexibility index (Phi) is 9.14. The average molecular weight is 510 g/mol. The van der Waals surface area contributed by atoms with E-state index in [2.05, 4.69) is 39.7 Å². The number of hydrogen-bond donors (Lipinski definition) is 3. The first-order valence-corrected chi connectivity index (χ1v) is 10.1. The fraction of sp³-hybridized carbons (Fsp3) is 0.333. The van der Waals surface area contributed by atoms with Crippen LogP contribution < -0.4 is 10.6 Å². The summed E-state index contributed by atoms with van der Waals surface area (Å²) in [5.41, 5.74) is 2.47. The fourth-order valence-electron chi connectivity index (χ4n) is 2.87. The van der Waals surface area contributed by atoms with Gasteiger partial charge >= 0.3 is 0 Å². The lowest BCUT2D eigenvalue weighted by molar-refractivity contribution is 0.191. The number of pyridine rings is 1. The molecule has 0 aliphatic heterocycles. The van der Waals surface area contributed by atoms with Gasteiger partial charge in [-0.25, -0.2) is 0 Å². The molecule has 2 heterocycles. The highest BCUT2D eigenvalue weighted by molar-refractivity contribution is 14.0. The number of nitrogens with zero attached hydrogens (tertiary/aromatic N) is 2. The van der Waals surface area contributed by atoms with Crippen LogP contribution in [0.4, 0.5) is 0 Å². The molecule has 3 aromatic rings. The smallest absolute Gasteiger partial charge is 0.191 e. The van der Waals surface area contributed by atoms with Gasteiger partial charge in [0.15, 0.2) is 5.96 Å². The predicted octanol–water partition coefficient (Wildman–Crippen LogP) is 4.05. The first-order chi connectivity index (χ1) is 13.2. The van der Waals surface area contributed by atoms with Crippen molar-refractivity contribution in [3.8, 4) is 0 Å². The van der Waals surface area contributed by atoms with Gasteiger partial charge in [0.25, 0.3) is 0 Å². The van der Waals surface area contributed by atoms with Crippen LogP contribution in [0.2, 0.25) is 0 Å². The lowest BCUT2D eigenvalue weighted by atomic mass is 10.1. The first kappa shape index (κ1) is 22.6. The van der Waals surface area contributed by atoms with E-state index in [1.807, 2.05) is 43.6 Å². The molecule has 0 saturated heterocycles. The molecule has 0 spiro atoms. The second kappa shape index (κ2) is 11.3. The number of aliphatic hydroxyl groups is 1. The van der Waals surface area contributed by atoms with Crippen molar-refractivity contribution in [1.29, 1.82) is 0 Å². The van der Waals surface area contributed by atoms with E-state index in [-0.39, 0.29) is 24.0 Å². The molecule has 0 fully saturated rings. The van der Waals surface area contributed by atoms with Gasteiger partial charge in [0.05, 0.1) is 6.54 Å². The average Bonchev–Trinajstić information content (AvgIpc) is 3.11. The Morgan fingerprint density at radius 3 is 2.82 bits per heavy atom. The number of benzene rings is 1. The molecule has 0 amide bonds. The van der Waals surface area contributed by atoms with Gasteiger partial charge in [-0.1, -0.05) is 18.2 Å². The van der Waals surface area contributed by atoms with E-state index in [9.17, 15) is 5.11 Å². The van der Waals surface area contributed by atoms with Crippen molar-refractivity contribution in [2.24, 2.45) is 4.99 Å². The maximum Gasteiger partial charge on any atom is 0.191 e. The summed E-state index contributed by atoms with van der Waals surface area (Å²) in [6.45, 7) is 5.99. The Labute approximate surface area is 187 Å². The molecule has 0 aliphatic rings. The van der Waals surface area contributed by atoms with Crippen LogP contribution in [0.15, 0.2) is 53.8 Å². The van der Waals surface area contributed by atoms with Crippen LogP contribution in [0.5, 0.6) is 0 Å². The van der Waals surface area contributed by atoms with Crippen LogP contribution in [-0.4, -0.2) is 35.7 Å². The minimum atomic E-state index is -0.597. The largest absolute Gasteiger partial charge is 0.386 e. The fourth-order valence-corrected chi connectivity index (χ4v) is 3.92. The van der Waals surface area contributed by atoms with Gasteiger partial charge in [-0.15, -0.1) is 35.3 Å².